The summed E-state index contributed by atoms with van der Waals surface area (Å²) in [4.78, 5) is 4.16. The molecule has 2 aromatic rings. The van der Waals surface area contributed by atoms with Gasteiger partial charge in [0, 0.05) is 18.0 Å². The molecule has 0 fully saturated rings. The van der Waals surface area contributed by atoms with Crippen molar-refractivity contribution in [3.8, 4) is 0 Å². The molecule has 3 nitrogen and oxygen atoms in total. The van der Waals surface area contributed by atoms with Crippen LogP contribution >= 0.6 is 43.2 Å². The molecule has 0 saturated heterocycles. The quantitative estimate of drug-likeness (QED) is 0.636. The molecule has 0 amide bonds. The van der Waals surface area contributed by atoms with E-state index in [9.17, 15) is 0 Å². The van der Waals surface area contributed by atoms with Crippen molar-refractivity contribution in [2.45, 2.75) is 13.0 Å². The van der Waals surface area contributed by atoms with Crippen LogP contribution in [0.4, 0.5) is 0 Å². The van der Waals surface area contributed by atoms with E-state index in [4.69, 9.17) is 5.84 Å². The lowest BCUT2D eigenvalue weighted by Crippen LogP contribution is -2.29. The number of aryl methyl sites for hydroxylation is 1. The van der Waals surface area contributed by atoms with E-state index in [1.54, 1.807) is 17.5 Å². The number of nitrogens with zero attached hydrogens (tertiary/aromatic N) is 1. The summed E-state index contributed by atoms with van der Waals surface area (Å²) >= 11 is 8.66. The summed E-state index contributed by atoms with van der Waals surface area (Å²) in [5.74, 6) is 5.67. The molecule has 0 aliphatic carbocycles. The van der Waals surface area contributed by atoms with E-state index in [0.29, 0.717) is 0 Å². The average molecular weight is 377 g/mol. The second-order valence-corrected chi connectivity index (χ2v) is 7.36. The van der Waals surface area contributed by atoms with Crippen LogP contribution in [0.5, 0.6) is 0 Å². The van der Waals surface area contributed by atoms with Gasteiger partial charge in [0.1, 0.15) is 0 Å². The third-order valence-corrected chi connectivity index (χ3v) is 4.94. The Morgan fingerprint density at radius 1 is 1.41 bits per heavy atom. The van der Waals surface area contributed by atoms with E-state index in [1.807, 2.05) is 12.3 Å². The Morgan fingerprint density at radius 2 is 2.18 bits per heavy atom. The van der Waals surface area contributed by atoms with Gasteiger partial charge in [-0.3, -0.25) is 10.8 Å². The number of halogens is 2. The lowest BCUT2D eigenvalue weighted by Gasteiger charge is -2.17. The van der Waals surface area contributed by atoms with Crippen LogP contribution in [0.1, 0.15) is 22.7 Å². The number of nitrogens with one attached hydrogen (secondary N) is 1. The van der Waals surface area contributed by atoms with Crippen molar-refractivity contribution in [2.75, 3.05) is 0 Å². The van der Waals surface area contributed by atoms with Gasteiger partial charge in [-0.15, -0.1) is 11.3 Å². The molecule has 0 spiro atoms. The van der Waals surface area contributed by atoms with Gasteiger partial charge in [-0.05, 0) is 62.0 Å². The summed E-state index contributed by atoms with van der Waals surface area (Å²) in [7, 11) is 0. The number of hydrogen-bond acceptors (Lipinski definition) is 4. The highest BCUT2D eigenvalue weighted by Gasteiger charge is 2.19. The maximum Gasteiger partial charge on any atom is 0.0762 e. The van der Waals surface area contributed by atoms with Crippen LogP contribution in [0.25, 0.3) is 0 Å². The summed E-state index contributed by atoms with van der Waals surface area (Å²) in [5.41, 5.74) is 6.21. The van der Waals surface area contributed by atoms with Crippen molar-refractivity contribution in [2.24, 2.45) is 5.84 Å². The van der Waals surface area contributed by atoms with E-state index in [-0.39, 0.29) is 6.04 Å². The van der Waals surface area contributed by atoms with Crippen LogP contribution in [0.2, 0.25) is 0 Å². The molecule has 0 radical (unpaired) electrons. The van der Waals surface area contributed by atoms with Gasteiger partial charge in [-0.25, -0.2) is 5.43 Å². The summed E-state index contributed by atoms with van der Waals surface area (Å²) in [6.07, 6.45) is 3.63. The highest BCUT2D eigenvalue weighted by atomic mass is 79.9. The van der Waals surface area contributed by atoms with Crippen molar-refractivity contribution < 1.29 is 0 Å². The number of rotatable bonds is 3. The zero-order valence-corrected chi connectivity index (χ0v) is 13.1. The van der Waals surface area contributed by atoms with Gasteiger partial charge in [0.25, 0.3) is 0 Å². The lowest BCUT2D eigenvalue weighted by atomic mass is 10.00. The van der Waals surface area contributed by atoms with Gasteiger partial charge < -0.3 is 0 Å². The second kappa shape index (κ2) is 5.58. The van der Waals surface area contributed by atoms with Gasteiger partial charge in [0.2, 0.25) is 0 Å². The molecule has 2 aromatic heterocycles. The number of hydrogen-bond donors (Lipinski definition) is 2. The van der Waals surface area contributed by atoms with Gasteiger partial charge >= 0.3 is 0 Å². The van der Waals surface area contributed by atoms with Crippen LogP contribution < -0.4 is 11.3 Å². The molecule has 2 heterocycles. The molecular formula is C11H11Br2N3S. The van der Waals surface area contributed by atoms with Crippen molar-refractivity contribution in [1.29, 1.82) is 0 Å². The zero-order valence-electron chi connectivity index (χ0n) is 9.08. The normalized spacial score (nSPS) is 12.7. The number of thiophene rings is 1. The average Bonchev–Trinajstić information content (AvgIpc) is 2.62. The predicted octanol–water partition coefficient (Wildman–Crippen LogP) is 3.53. The second-order valence-electron chi connectivity index (χ2n) is 3.61. The topological polar surface area (TPSA) is 50.9 Å². The Morgan fingerprint density at radius 3 is 2.71 bits per heavy atom. The first-order valence-corrected chi connectivity index (χ1v) is 7.35. The summed E-state index contributed by atoms with van der Waals surface area (Å²) in [6, 6.07) is 3.99. The lowest BCUT2D eigenvalue weighted by molar-refractivity contribution is 0.631. The van der Waals surface area contributed by atoms with Crippen molar-refractivity contribution in [3.63, 3.8) is 0 Å². The van der Waals surface area contributed by atoms with Crippen LogP contribution in [0, 0.1) is 6.92 Å². The smallest absolute Gasteiger partial charge is 0.0762 e. The standard InChI is InChI=1S/C11H11Br2N3S/c1-6-2-3-15-5-8(6)10(16-14)7-4-9(12)17-11(7)13/h2-5,10,16H,14H2,1H3. The molecule has 0 aliphatic rings. The SMILES string of the molecule is Cc1ccncc1C(NN)c1cc(Br)sc1Br. The first-order chi connectivity index (χ1) is 8.13. The molecule has 17 heavy (non-hydrogen) atoms. The maximum absolute atomic E-state index is 5.67. The highest BCUT2D eigenvalue weighted by molar-refractivity contribution is 9.12. The Kier molecular flexibility index (Phi) is 4.32. The van der Waals surface area contributed by atoms with Gasteiger partial charge in [-0.1, -0.05) is 0 Å². The Labute approximate surface area is 121 Å². The molecule has 90 valence electrons. The number of nitrogens with two attached hydrogens (primary N) is 1. The van der Waals surface area contributed by atoms with Gasteiger partial charge in [0.15, 0.2) is 0 Å². The maximum atomic E-state index is 5.67. The molecule has 1 unspecified atom stereocenters. The monoisotopic (exact) mass is 375 g/mol. The summed E-state index contributed by atoms with van der Waals surface area (Å²) in [5, 5.41) is 0. The molecule has 1 atom stereocenters. The van der Waals surface area contributed by atoms with E-state index >= 15 is 0 Å². The van der Waals surface area contributed by atoms with Crippen molar-refractivity contribution >= 4 is 43.2 Å². The molecule has 0 aromatic carbocycles. The van der Waals surface area contributed by atoms with Crippen LogP contribution in [0.3, 0.4) is 0 Å². The van der Waals surface area contributed by atoms with Crippen LogP contribution in [0.15, 0.2) is 32.1 Å². The highest BCUT2D eigenvalue weighted by Crippen LogP contribution is 2.37. The van der Waals surface area contributed by atoms with Crippen LogP contribution in [-0.2, 0) is 0 Å². The minimum absolute atomic E-state index is 0.0550. The molecule has 6 heteroatoms. The minimum atomic E-state index is -0.0550. The zero-order chi connectivity index (χ0) is 12.4. The number of aromatic nitrogens is 1. The fourth-order valence-electron chi connectivity index (χ4n) is 1.68. The first kappa shape index (κ1) is 13.2. The fraction of sp³-hybridized carbons (Fsp3) is 0.182. The van der Waals surface area contributed by atoms with Crippen molar-refractivity contribution in [1.82, 2.24) is 10.4 Å². The van der Waals surface area contributed by atoms with Crippen LogP contribution in [-0.4, -0.2) is 4.98 Å². The Bertz CT molecular complexity index is 527. The fourth-order valence-corrected chi connectivity index (χ4v) is 4.58. The van der Waals surface area contributed by atoms with Gasteiger partial charge in [0.05, 0.1) is 13.6 Å². The molecule has 0 bridgehead atoms. The molecule has 3 N–H and O–H groups in total. The number of pyridine rings is 1. The molecule has 0 saturated carbocycles. The molecule has 0 aliphatic heterocycles. The van der Waals surface area contributed by atoms with Crippen molar-refractivity contribution in [3.05, 3.63) is 48.8 Å². The number of hydrazine groups is 1. The first-order valence-electron chi connectivity index (χ1n) is 4.95. The minimum Gasteiger partial charge on any atom is -0.271 e. The Balaban J connectivity index is 2.47. The van der Waals surface area contributed by atoms with E-state index < -0.39 is 0 Å². The Hall–Kier alpha value is -0.270. The molecule has 2 rings (SSSR count). The third-order valence-electron chi connectivity index (χ3n) is 2.55. The third kappa shape index (κ3) is 2.77. The van der Waals surface area contributed by atoms with E-state index in [1.165, 1.54) is 0 Å². The summed E-state index contributed by atoms with van der Waals surface area (Å²) in [6.45, 7) is 2.05. The summed E-state index contributed by atoms with van der Waals surface area (Å²) < 4.78 is 2.14. The van der Waals surface area contributed by atoms with E-state index in [2.05, 4.69) is 55.3 Å². The predicted molar refractivity (Wildman–Crippen MR) is 77.9 cm³/mol. The largest absolute Gasteiger partial charge is 0.271 e. The molecular weight excluding hydrogens is 366 g/mol. The van der Waals surface area contributed by atoms with E-state index in [0.717, 1.165) is 24.3 Å². The van der Waals surface area contributed by atoms with Gasteiger partial charge in [-0.2, -0.15) is 0 Å².